The minimum Gasteiger partial charge on any atom is -0.493 e. The van der Waals surface area contributed by atoms with E-state index < -0.39 is 17.3 Å². The first-order chi connectivity index (χ1) is 16.8. The first-order valence-electron chi connectivity index (χ1n) is 10.3. The van der Waals surface area contributed by atoms with Crippen LogP contribution in [0.1, 0.15) is 11.1 Å². The van der Waals surface area contributed by atoms with Gasteiger partial charge in [-0.3, -0.25) is 4.79 Å². The van der Waals surface area contributed by atoms with Crippen molar-refractivity contribution < 1.29 is 22.6 Å². The molecule has 3 aromatic carbocycles. The summed E-state index contributed by atoms with van der Waals surface area (Å²) in [5.41, 5.74) is -0.408. The van der Waals surface area contributed by atoms with Gasteiger partial charge in [0, 0.05) is 5.56 Å². The molecular weight excluding hydrogens is 459 g/mol. The summed E-state index contributed by atoms with van der Waals surface area (Å²) in [6.07, 6.45) is 2.04. The number of hydrogen-bond acceptors (Lipinski definition) is 5. The Balaban J connectivity index is 1.85. The molecule has 0 amide bonds. The molecule has 0 N–H and O–H groups in total. The Bertz CT molecular complexity index is 1520. The van der Waals surface area contributed by atoms with E-state index in [2.05, 4.69) is 16.0 Å². The van der Waals surface area contributed by atoms with E-state index in [1.54, 1.807) is 42.5 Å². The standard InChI is InChI=1S/C26H18F3N3O3/c1-3-13-35-22-12-11-17(14-23(22)34-2)16-30-32-24(18-7-6-8-19(15-18)26(27,28)29)31-21-10-5-4-9-20(21)25(32)33/h1,4-12,14-16H,13H2,2H3. The van der Waals surface area contributed by atoms with Crippen molar-refractivity contribution in [2.24, 2.45) is 5.10 Å². The van der Waals surface area contributed by atoms with Gasteiger partial charge in [-0.15, -0.1) is 6.42 Å². The maximum Gasteiger partial charge on any atom is 0.416 e. The fraction of sp³-hybridized carbons (Fsp3) is 0.115. The van der Waals surface area contributed by atoms with Crippen molar-refractivity contribution in [2.45, 2.75) is 6.18 Å². The largest absolute Gasteiger partial charge is 0.493 e. The third-order valence-electron chi connectivity index (χ3n) is 5.02. The molecule has 1 heterocycles. The third-order valence-corrected chi connectivity index (χ3v) is 5.02. The summed E-state index contributed by atoms with van der Waals surface area (Å²) in [5.74, 6) is 3.16. The van der Waals surface area contributed by atoms with E-state index in [4.69, 9.17) is 15.9 Å². The molecule has 0 saturated heterocycles. The molecule has 0 spiro atoms. The summed E-state index contributed by atoms with van der Waals surface area (Å²) >= 11 is 0. The third kappa shape index (κ3) is 5.01. The smallest absolute Gasteiger partial charge is 0.416 e. The van der Waals surface area contributed by atoms with E-state index in [1.165, 1.54) is 25.5 Å². The number of nitrogens with zero attached hydrogens (tertiary/aromatic N) is 3. The zero-order chi connectivity index (χ0) is 25.0. The molecule has 0 aliphatic heterocycles. The Morgan fingerprint density at radius 3 is 2.63 bits per heavy atom. The van der Waals surface area contributed by atoms with Crippen LogP contribution in [0.25, 0.3) is 22.3 Å². The van der Waals surface area contributed by atoms with E-state index >= 15 is 0 Å². The highest BCUT2D eigenvalue weighted by Gasteiger charge is 2.31. The minimum atomic E-state index is -4.55. The van der Waals surface area contributed by atoms with Crippen LogP contribution >= 0.6 is 0 Å². The highest BCUT2D eigenvalue weighted by Crippen LogP contribution is 2.32. The molecule has 0 bridgehead atoms. The van der Waals surface area contributed by atoms with Gasteiger partial charge in [0.05, 0.1) is 29.8 Å². The second-order valence-electron chi connectivity index (χ2n) is 7.30. The zero-order valence-electron chi connectivity index (χ0n) is 18.4. The second-order valence-corrected chi connectivity index (χ2v) is 7.30. The summed E-state index contributed by atoms with van der Waals surface area (Å²) in [6, 6.07) is 16.1. The highest BCUT2D eigenvalue weighted by molar-refractivity contribution is 5.82. The summed E-state index contributed by atoms with van der Waals surface area (Å²) in [6.45, 7) is 0.0578. The van der Waals surface area contributed by atoms with E-state index in [0.29, 0.717) is 22.6 Å². The van der Waals surface area contributed by atoms with Gasteiger partial charge in [0.15, 0.2) is 17.3 Å². The summed E-state index contributed by atoms with van der Waals surface area (Å²) in [4.78, 5) is 17.7. The number of rotatable bonds is 6. The summed E-state index contributed by atoms with van der Waals surface area (Å²) < 4.78 is 51.7. The summed E-state index contributed by atoms with van der Waals surface area (Å²) in [7, 11) is 1.46. The monoisotopic (exact) mass is 477 g/mol. The zero-order valence-corrected chi connectivity index (χ0v) is 18.4. The molecule has 6 nitrogen and oxygen atoms in total. The van der Waals surface area contributed by atoms with E-state index in [9.17, 15) is 18.0 Å². The van der Waals surface area contributed by atoms with Gasteiger partial charge in [0.1, 0.15) is 6.61 Å². The van der Waals surface area contributed by atoms with Crippen LogP contribution < -0.4 is 15.0 Å². The number of hydrogen-bond donors (Lipinski definition) is 0. The fourth-order valence-corrected chi connectivity index (χ4v) is 3.38. The van der Waals surface area contributed by atoms with Gasteiger partial charge < -0.3 is 9.47 Å². The van der Waals surface area contributed by atoms with Crippen molar-refractivity contribution in [1.82, 2.24) is 9.66 Å². The van der Waals surface area contributed by atoms with Crippen LogP contribution in [0.3, 0.4) is 0 Å². The van der Waals surface area contributed by atoms with Crippen LogP contribution in [-0.4, -0.2) is 29.6 Å². The van der Waals surface area contributed by atoms with Crippen LogP contribution in [0.5, 0.6) is 11.5 Å². The Labute approximate surface area is 198 Å². The van der Waals surface area contributed by atoms with E-state index in [0.717, 1.165) is 16.8 Å². The van der Waals surface area contributed by atoms with E-state index in [-0.39, 0.29) is 23.4 Å². The number of fused-ring (bicyclic) bond motifs is 1. The molecule has 176 valence electrons. The number of ether oxygens (including phenoxy) is 2. The predicted octanol–water partition coefficient (Wildman–Crippen LogP) is 4.99. The molecule has 0 unspecified atom stereocenters. The van der Waals surface area contributed by atoms with Crippen LogP contribution in [-0.2, 0) is 6.18 Å². The van der Waals surface area contributed by atoms with Gasteiger partial charge in [0.2, 0.25) is 0 Å². The van der Waals surface area contributed by atoms with Crippen LogP contribution in [0.15, 0.2) is 76.6 Å². The average molecular weight is 477 g/mol. The van der Waals surface area contributed by atoms with Gasteiger partial charge in [-0.1, -0.05) is 30.2 Å². The van der Waals surface area contributed by atoms with Crippen molar-refractivity contribution in [3.8, 4) is 35.2 Å². The number of alkyl halides is 3. The highest BCUT2D eigenvalue weighted by atomic mass is 19.4. The lowest BCUT2D eigenvalue weighted by atomic mass is 10.1. The van der Waals surface area contributed by atoms with Gasteiger partial charge in [-0.05, 0) is 48.0 Å². The minimum absolute atomic E-state index is 0.0306. The van der Waals surface area contributed by atoms with Crippen molar-refractivity contribution in [2.75, 3.05) is 13.7 Å². The van der Waals surface area contributed by atoms with Crippen LogP contribution in [0.4, 0.5) is 13.2 Å². The van der Waals surface area contributed by atoms with Gasteiger partial charge in [0.25, 0.3) is 5.56 Å². The van der Waals surface area contributed by atoms with Crippen molar-refractivity contribution >= 4 is 17.1 Å². The number of terminal acetylenes is 1. The lowest BCUT2D eigenvalue weighted by Gasteiger charge is -2.12. The average Bonchev–Trinajstić information content (AvgIpc) is 2.86. The normalized spacial score (nSPS) is 11.5. The predicted molar refractivity (Wildman–Crippen MR) is 127 cm³/mol. The van der Waals surface area contributed by atoms with Gasteiger partial charge in [-0.2, -0.15) is 22.9 Å². The Morgan fingerprint density at radius 1 is 1.09 bits per heavy atom. The number of para-hydroxylation sites is 1. The van der Waals surface area contributed by atoms with Crippen LogP contribution in [0.2, 0.25) is 0 Å². The topological polar surface area (TPSA) is 65.7 Å². The Hall–Kier alpha value is -4.58. The second kappa shape index (κ2) is 9.73. The molecule has 0 atom stereocenters. The first-order valence-corrected chi connectivity index (χ1v) is 10.3. The lowest BCUT2D eigenvalue weighted by Crippen LogP contribution is -2.20. The first kappa shape index (κ1) is 23.6. The van der Waals surface area contributed by atoms with Crippen molar-refractivity contribution in [1.29, 1.82) is 0 Å². The number of benzene rings is 3. The fourth-order valence-electron chi connectivity index (χ4n) is 3.38. The number of aromatic nitrogens is 2. The molecule has 0 saturated carbocycles. The quantitative estimate of drug-likeness (QED) is 0.290. The Kier molecular flexibility index (Phi) is 6.55. The molecule has 0 radical (unpaired) electrons. The summed E-state index contributed by atoms with van der Waals surface area (Å²) in [5, 5.41) is 4.54. The maximum absolute atomic E-state index is 13.3. The van der Waals surface area contributed by atoms with Crippen molar-refractivity contribution in [3.63, 3.8) is 0 Å². The molecule has 4 aromatic rings. The van der Waals surface area contributed by atoms with Crippen LogP contribution in [0, 0.1) is 12.3 Å². The molecule has 0 aliphatic rings. The number of methoxy groups -OCH3 is 1. The van der Waals surface area contributed by atoms with Gasteiger partial charge in [-0.25, -0.2) is 4.98 Å². The number of halogens is 3. The molecule has 0 aliphatic carbocycles. The maximum atomic E-state index is 13.3. The van der Waals surface area contributed by atoms with E-state index in [1.807, 2.05) is 0 Å². The molecule has 9 heteroatoms. The van der Waals surface area contributed by atoms with Gasteiger partial charge >= 0.3 is 6.18 Å². The molecule has 1 aromatic heterocycles. The van der Waals surface area contributed by atoms with Crippen molar-refractivity contribution in [3.05, 3.63) is 88.2 Å². The molecule has 35 heavy (non-hydrogen) atoms. The SMILES string of the molecule is C#CCOc1ccc(C=Nn2c(-c3cccc(C(F)(F)F)c3)nc3ccccc3c2=O)cc1OC. The molecular formula is C26H18F3N3O3. The molecule has 4 rings (SSSR count). The lowest BCUT2D eigenvalue weighted by molar-refractivity contribution is -0.137. The molecule has 0 fully saturated rings. The Morgan fingerprint density at radius 2 is 1.89 bits per heavy atom.